The summed E-state index contributed by atoms with van der Waals surface area (Å²) in [6.07, 6.45) is 1.81. The van der Waals surface area contributed by atoms with Crippen molar-refractivity contribution < 1.29 is 0 Å². The van der Waals surface area contributed by atoms with E-state index in [2.05, 4.69) is 34.6 Å². The number of aromatic nitrogens is 2. The van der Waals surface area contributed by atoms with E-state index in [1.54, 1.807) is 11.3 Å². The summed E-state index contributed by atoms with van der Waals surface area (Å²) in [5.74, 6) is 0. The lowest BCUT2D eigenvalue weighted by atomic mass is 10.1. The summed E-state index contributed by atoms with van der Waals surface area (Å²) in [5.41, 5.74) is 4.00. The van der Waals surface area contributed by atoms with Gasteiger partial charge in [-0.1, -0.05) is 36.4 Å². The molecule has 3 heterocycles. The van der Waals surface area contributed by atoms with Crippen molar-refractivity contribution in [2.45, 2.75) is 0 Å². The topological polar surface area (TPSA) is 25.8 Å². The van der Waals surface area contributed by atoms with Gasteiger partial charge in [0.25, 0.3) is 0 Å². The average molecular weight is 288 g/mol. The summed E-state index contributed by atoms with van der Waals surface area (Å²) >= 11 is 1.71. The molecule has 1 aromatic carbocycles. The molecular weight excluding hydrogens is 276 g/mol. The van der Waals surface area contributed by atoms with Gasteiger partial charge in [-0.3, -0.25) is 4.98 Å². The minimum absolute atomic E-state index is 0.919. The van der Waals surface area contributed by atoms with Crippen LogP contribution < -0.4 is 0 Å². The van der Waals surface area contributed by atoms with Crippen LogP contribution in [-0.4, -0.2) is 9.97 Å². The van der Waals surface area contributed by atoms with E-state index in [0.29, 0.717) is 0 Å². The molecule has 3 aromatic heterocycles. The lowest BCUT2D eigenvalue weighted by Gasteiger charge is -2.06. The number of fused-ring (bicyclic) bond motifs is 1. The van der Waals surface area contributed by atoms with Crippen molar-refractivity contribution in [3.8, 4) is 22.6 Å². The van der Waals surface area contributed by atoms with Crippen molar-refractivity contribution in [3.63, 3.8) is 0 Å². The first-order chi connectivity index (χ1) is 10.4. The van der Waals surface area contributed by atoms with E-state index in [0.717, 1.165) is 22.6 Å². The zero-order valence-corrected chi connectivity index (χ0v) is 12.0. The first kappa shape index (κ1) is 12.2. The van der Waals surface area contributed by atoms with Crippen molar-refractivity contribution in [2.75, 3.05) is 0 Å². The van der Waals surface area contributed by atoms with Crippen LogP contribution in [0.5, 0.6) is 0 Å². The summed E-state index contributed by atoms with van der Waals surface area (Å²) in [5, 5.41) is 3.32. The van der Waals surface area contributed by atoms with Crippen LogP contribution in [0, 0.1) is 0 Å². The molecule has 0 bridgehead atoms. The van der Waals surface area contributed by atoms with Crippen LogP contribution in [0.3, 0.4) is 0 Å². The molecule has 0 radical (unpaired) electrons. The Balaban J connectivity index is 2.00. The van der Waals surface area contributed by atoms with Crippen molar-refractivity contribution in [1.29, 1.82) is 0 Å². The number of hydrogen-bond donors (Lipinski definition) is 0. The molecule has 0 aliphatic rings. The molecule has 0 saturated heterocycles. The summed E-state index contributed by atoms with van der Waals surface area (Å²) < 4.78 is 1.19. The van der Waals surface area contributed by atoms with Gasteiger partial charge in [-0.15, -0.1) is 11.3 Å². The SMILES string of the molecule is c1ccc(-c2cc3ccsc3c(-c3ccccn3)n2)cc1. The van der Waals surface area contributed by atoms with Crippen LogP contribution in [0.2, 0.25) is 0 Å². The Morgan fingerprint density at radius 1 is 0.810 bits per heavy atom. The fourth-order valence-electron chi connectivity index (χ4n) is 2.41. The number of pyridine rings is 2. The average Bonchev–Trinajstić information content (AvgIpc) is 3.04. The van der Waals surface area contributed by atoms with Gasteiger partial charge in [-0.05, 0) is 35.0 Å². The largest absolute Gasteiger partial charge is 0.255 e. The molecular formula is C18H12N2S. The molecule has 0 unspecified atom stereocenters. The van der Waals surface area contributed by atoms with Crippen LogP contribution >= 0.6 is 11.3 Å². The summed E-state index contributed by atoms with van der Waals surface area (Å²) in [7, 11) is 0. The van der Waals surface area contributed by atoms with E-state index in [1.165, 1.54) is 10.1 Å². The molecule has 4 aromatic rings. The minimum atomic E-state index is 0.919. The Bertz CT molecular complexity index is 883. The van der Waals surface area contributed by atoms with Crippen LogP contribution in [0.15, 0.2) is 72.2 Å². The molecule has 0 saturated carbocycles. The molecule has 100 valence electrons. The molecule has 0 fully saturated rings. The molecule has 2 nitrogen and oxygen atoms in total. The van der Waals surface area contributed by atoms with Gasteiger partial charge >= 0.3 is 0 Å². The number of rotatable bonds is 2. The maximum Gasteiger partial charge on any atom is 0.107 e. The van der Waals surface area contributed by atoms with E-state index in [1.807, 2.05) is 42.6 Å². The van der Waals surface area contributed by atoms with Crippen molar-refractivity contribution in [2.24, 2.45) is 0 Å². The van der Waals surface area contributed by atoms with Gasteiger partial charge in [0, 0.05) is 11.8 Å². The van der Waals surface area contributed by atoms with Crippen LogP contribution in [-0.2, 0) is 0 Å². The zero-order chi connectivity index (χ0) is 14.1. The van der Waals surface area contributed by atoms with Gasteiger partial charge in [0.1, 0.15) is 5.69 Å². The fraction of sp³-hybridized carbons (Fsp3) is 0. The van der Waals surface area contributed by atoms with Crippen molar-refractivity contribution in [3.05, 3.63) is 72.2 Å². The van der Waals surface area contributed by atoms with Crippen molar-refractivity contribution in [1.82, 2.24) is 9.97 Å². The summed E-state index contributed by atoms with van der Waals surface area (Å²) in [6.45, 7) is 0. The molecule has 0 atom stereocenters. The molecule has 21 heavy (non-hydrogen) atoms. The fourth-order valence-corrected chi connectivity index (χ4v) is 3.28. The second-order valence-corrected chi connectivity index (χ2v) is 5.69. The third kappa shape index (κ3) is 2.22. The molecule has 4 rings (SSSR count). The zero-order valence-electron chi connectivity index (χ0n) is 11.2. The summed E-state index contributed by atoms with van der Waals surface area (Å²) in [4.78, 5) is 9.32. The maximum atomic E-state index is 4.86. The number of benzene rings is 1. The standard InChI is InChI=1S/C18H12N2S/c1-2-6-13(7-3-1)16-12-14-9-11-21-18(14)17(20-16)15-8-4-5-10-19-15/h1-12H. The smallest absolute Gasteiger partial charge is 0.107 e. The van der Waals surface area contributed by atoms with Crippen LogP contribution in [0.4, 0.5) is 0 Å². The number of thiophene rings is 1. The molecule has 0 N–H and O–H groups in total. The Hall–Kier alpha value is -2.52. The van der Waals surface area contributed by atoms with E-state index in [9.17, 15) is 0 Å². The van der Waals surface area contributed by atoms with E-state index >= 15 is 0 Å². The monoisotopic (exact) mass is 288 g/mol. The highest BCUT2D eigenvalue weighted by Gasteiger charge is 2.11. The van der Waals surface area contributed by atoms with Gasteiger partial charge < -0.3 is 0 Å². The normalized spacial score (nSPS) is 10.9. The molecule has 0 aliphatic heterocycles. The van der Waals surface area contributed by atoms with Gasteiger partial charge in [0.05, 0.1) is 16.1 Å². The first-order valence-corrected chi connectivity index (χ1v) is 7.65. The van der Waals surface area contributed by atoms with Gasteiger partial charge in [0.2, 0.25) is 0 Å². The third-order valence-electron chi connectivity index (χ3n) is 3.41. The summed E-state index contributed by atoms with van der Waals surface area (Å²) in [6, 6.07) is 20.5. The van der Waals surface area contributed by atoms with Gasteiger partial charge in [-0.2, -0.15) is 0 Å². The van der Waals surface area contributed by atoms with E-state index < -0.39 is 0 Å². The van der Waals surface area contributed by atoms with Crippen LogP contribution in [0.1, 0.15) is 0 Å². The van der Waals surface area contributed by atoms with E-state index in [-0.39, 0.29) is 0 Å². The predicted molar refractivity (Wildman–Crippen MR) is 88.3 cm³/mol. The Labute approximate surface area is 126 Å². The lowest BCUT2D eigenvalue weighted by Crippen LogP contribution is -1.90. The number of hydrogen-bond acceptors (Lipinski definition) is 3. The second kappa shape index (κ2) is 5.11. The highest BCUT2D eigenvalue weighted by molar-refractivity contribution is 7.17. The van der Waals surface area contributed by atoms with E-state index in [4.69, 9.17) is 4.98 Å². The minimum Gasteiger partial charge on any atom is -0.255 e. The lowest BCUT2D eigenvalue weighted by molar-refractivity contribution is 1.27. The van der Waals surface area contributed by atoms with Gasteiger partial charge in [-0.25, -0.2) is 4.98 Å². The quantitative estimate of drug-likeness (QED) is 0.517. The van der Waals surface area contributed by atoms with Crippen LogP contribution in [0.25, 0.3) is 32.7 Å². The van der Waals surface area contributed by atoms with Gasteiger partial charge in [0.15, 0.2) is 0 Å². The molecule has 0 spiro atoms. The highest BCUT2D eigenvalue weighted by atomic mass is 32.1. The first-order valence-electron chi connectivity index (χ1n) is 6.77. The number of nitrogens with zero attached hydrogens (tertiary/aromatic N) is 2. The second-order valence-electron chi connectivity index (χ2n) is 4.78. The maximum absolute atomic E-state index is 4.86. The highest BCUT2D eigenvalue weighted by Crippen LogP contribution is 2.33. The Morgan fingerprint density at radius 3 is 2.48 bits per heavy atom. The Morgan fingerprint density at radius 2 is 1.67 bits per heavy atom. The third-order valence-corrected chi connectivity index (χ3v) is 4.35. The Kier molecular flexibility index (Phi) is 2.98. The molecule has 0 amide bonds. The molecule has 3 heteroatoms. The molecule has 0 aliphatic carbocycles. The van der Waals surface area contributed by atoms with Crippen molar-refractivity contribution >= 4 is 21.4 Å². The predicted octanol–water partition coefficient (Wildman–Crippen LogP) is 5.03.